The minimum atomic E-state index is 0. The molecule has 1 aromatic heterocycles. The molecule has 0 amide bonds. The fourth-order valence-corrected chi connectivity index (χ4v) is 4.40. The van der Waals surface area contributed by atoms with Gasteiger partial charge in [-0.1, -0.05) is 12.1 Å². The fourth-order valence-electron chi connectivity index (χ4n) is 3.80. The first kappa shape index (κ1) is 24.9. The smallest absolute Gasteiger partial charge is 0.193 e. The lowest BCUT2D eigenvalue weighted by Crippen LogP contribution is -2.49. The normalized spacial score (nSPS) is 15.1. The molecule has 1 aromatic carbocycles. The van der Waals surface area contributed by atoms with E-state index in [1.165, 1.54) is 16.8 Å². The summed E-state index contributed by atoms with van der Waals surface area (Å²) in [5.41, 5.74) is 5.27. The fraction of sp³-hybridized carbons (Fsp3) is 0.545. The number of nitrogens with one attached hydrogen (secondary N) is 1. The molecule has 0 saturated carbocycles. The monoisotopic (exact) mass is 542 g/mol. The van der Waals surface area contributed by atoms with Crippen molar-refractivity contribution in [3.63, 3.8) is 0 Å². The van der Waals surface area contributed by atoms with E-state index in [0.717, 1.165) is 62.5 Å². The summed E-state index contributed by atoms with van der Waals surface area (Å²) in [7, 11) is 3.90. The van der Waals surface area contributed by atoms with E-state index >= 15 is 0 Å². The van der Waals surface area contributed by atoms with Crippen LogP contribution in [-0.4, -0.2) is 74.1 Å². The van der Waals surface area contributed by atoms with Crippen LogP contribution in [0, 0.1) is 20.8 Å². The van der Waals surface area contributed by atoms with Crippen LogP contribution in [0.1, 0.15) is 21.8 Å². The highest BCUT2D eigenvalue weighted by Gasteiger charge is 2.18. The van der Waals surface area contributed by atoms with Gasteiger partial charge in [0.25, 0.3) is 0 Å². The molecular weight excluding hydrogens is 507 g/mol. The van der Waals surface area contributed by atoms with Gasteiger partial charge in [0.1, 0.15) is 0 Å². The van der Waals surface area contributed by atoms with Gasteiger partial charge < -0.3 is 15.1 Å². The molecule has 3 rings (SSSR count). The Kier molecular flexibility index (Phi) is 9.83. The van der Waals surface area contributed by atoms with Crippen molar-refractivity contribution in [3.8, 4) is 0 Å². The largest absolute Gasteiger partial charge is 0.369 e. The topological polar surface area (TPSA) is 47.0 Å². The van der Waals surface area contributed by atoms with Crippen LogP contribution >= 0.6 is 35.3 Å². The molecular formula is C22H35IN6S. The Labute approximate surface area is 202 Å². The Hall–Kier alpha value is -1.39. The van der Waals surface area contributed by atoms with Crippen molar-refractivity contribution in [2.24, 2.45) is 4.99 Å². The van der Waals surface area contributed by atoms with Crippen molar-refractivity contribution in [1.29, 1.82) is 0 Å². The summed E-state index contributed by atoms with van der Waals surface area (Å²) >= 11 is 1.69. The van der Waals surface area contributed by atoms with E-state index < -0.39 is 0 Å². The maximum atomic E-state index is 4.55. The van der Waals surface area contributed by atoms with Gasteiger partial charge in [-0.15, -0.1) is 35.3 Å². The molecule has 2 aromatic rings. The van der Waals surface area contributed by atoms with Gasteiger partial charge >= 0.3 is 0 Å². The summed E-state index contributed by atoms with van der Waals surface area (Å²) in [6.07, 6.45) is 0. The first-order valence-electron chi connectivity index (χ1n) is 10.3. The number of benzene rings is 1. The summed E-state index contributed by atoms with van der Waals surface area (Å²) in [5, 5.41) is 6.73. The van der Waals surface area contributed by atoms with Crippen LogP contribution in [0.25, 0.3) is 0 Å². The van der Waals surface area contributed by atoms with E-state index in [4.69, 9.17) is 0 Å². The molecule has 0 bridgehead atoms. The van der Waals surface area contributed by atoms with Gasteiger partial charge in [-0.3, -0.25) is 9.89 Å². The zero-order valence-corrected chi connectivity index (χ0v) is 22.0. The van der Waals surface area contributed by atoms with Crippen molar-refractivity contribution in [1.82, 2.24) is 20.1 Å². The molecule has 166 valence electrons. The number of nitrogens with zero attached hydrogens (tertiary/aromatic N) is 5. The summed E-state index contributed by atoms with van der Waals surface area (Å²) in [6.45, 7) is 13.5. The van der Waals surface area contributed by atoms with E-state index in [9.17, 15) is 0 Å². The summed E-state index contributed by atoms with van der Waals surface area (Å²) < 4.78 is 0. The Bertz CT molecular complexity index is 829. The number of piperazine rings is 1. The second-order valence-corrected chi connectivity index (χ2v) is 8.80. The number of rotatable bonds is 6. The number of aliphatic imine (C=N–C) groups is 1. The van der Waals surface area contributed by atoms with Gasteiger partial charge in [0.15, 0.2) is 5.96 Å². The predicted molar refractivity (Wildman–Crippen MR) is 140 cm³/mol. The Morgan fingerprint density at radius 2 is 1.93 bits per heavy atom. The molecule has 30 heavy (non-hydrogen) atoms. The Morgan fingerprint density at radius 1 is 1.20 bits per heavy atom. The third kappa shape index (κ3) is 6.55. The number of halogens is 1. The van der Waals surface area contributed by atoms with Crippen molar-refractivity contribution in [3.05, 3.63) is 45.4 Å². The molecule has 1 aliphatic rings. The zero-order valence-electron chi connectivity index (χ0n) is 18.8. The summed E-state index contributed by atoms with van der Waals surface area (Å²) in [5.74, 6) is 0.921. The number of thiazole rings is 1. The minimum absolute atomic E-state index is 0. The van der Waals surface area contributed by atoms with Crippen molar-refractivity contribution in [2.45, 2.75) is 27.3 Å². The van der Waals surface area contributed by atoms with Crippen molar-refractivity contribution in [2.75, 3.05) is 58.3 Å². The van der Waals surface area contributed by atoms with Gasteiger partial charge in [-0.2, -0.15) is 0 Å². The lowest BCUT2D eigenvalue weighted by atomic mass is 10.1. The standard InChI is InChI=1S/C22H34N6S.HI/c1-17-7-6-8-21(18(17)2)28-13-11-27(12-14-28)10-9-24-22(23-4)26(5)15-20-16-29-19(3)25-20;/h6-8,16H,9-15H2,1-5H3,(H,23,24);1H. The van der Waals surface area contributed by atoms with Crippen LogP contribution in [0.4, 0.5) is 5.69 Å². The quantitative estimate of drug-likeness (QED) is 0.344. The second-order valence-electron chi connectivity index (χ2n) is 7.74. The van der Waals surface area contributed by atoms with E-state index in [0.29, 0.717) is 0 Å². The van der Waals surface area contributed by atoms with E-state index in [1.807, 2.05) is 14.0 Å². The molecule has 1 N–H and O–H groups in total. The number of anilines is 1. The number of guanidine groups is 1. The van der Waals surface area contributed by atoms with Gasteiger partial charge in [0.05, 0.1) is 17.2 Å². The summed E-state index contributed by atoms with van der Waals surface area (Å²) in [6, 6.07) is 6.62. The van der Waals surface area contributed by atoms with Gasteiger partial charge in [-0.05, 0) is 38.0 Å². The van der Waals surface area contributed by atoms with Crippen molar-refractivity contribution >= 4 is 47.0 Å². The maximum absolute atomic E-state index is 4.55. The molecule has 6 nitrogen and oxygen atoms in total. The van der Waals surface area contributed by atoms with Crippen LogP contribution in [0.2, 0.25) is 0 Å². The molecule has 2 heterocycles. The molecule has 8 heteroatoms. The highest BCUT2D eigenvalue weighted by molar-refractivity contribution is 14.0. The molecule has 1 fully saturated rings. The number of hydrogen-bond acceptors (Lipinski definition) is 5. The average Bonchev–Trinajstić information content (AvgIpc) is 3.12. The zero-order chi connectivity index (χ0) is 20.8. The highest BCUT2D eigenvalue weighted by atomic mass is 127. The third-order valence-electron chi connectivity index (χ3n) is 5.64. The number of aryl methyl sites for hydroxylation is 2. The van der Waals surface area contributed by atoms with Crippen LogP contribution in [-0.2, 0) is 6.54 Å². The number of aromatic nitrogens is 1. The average molecular weight is 543 g/mol. The lowest BCUT2D eigenvalue weighted by molar-refractivity contribution is 0.260. The minimum Gasteiger partial charge on any atom is -0.369 e. The maximum Gasteiger partial charge on any atom is 0.193 e. The van der Waals surface area contributed by atoms with Crippen LogP contribution in [0.3, 0.4) is 0 Å². The molecule has 1 saturated heterocycles. The van der Waals surface area contributed by atoms with E-state index in [1.54, 1.807) is 11.3 Å². The molecule has 0 atom stereocenters. The van der Waals surface area contributed by atoms with Gasteiger partial charge in [0.2, 0.25) is 0 Å². The predicted octanol–water partition coefficient (Wildman–Crippen LogP) is 3.52. The van der Waals surface area contributed by atoms with Crippen LogP contribution in [0.5, 0.6) is 0 Å². The first-order valence-corrected chi connectivity index (χ1v) is 11.2. The summed E-state index contributed by atoms with van der Waals surface area (Å²) in [4.78, 5) is 16.2. The Morgan fingerprint density at radius 3 is 2.57 bits per heavy atom. The molecule has 0 aliphatic carbocycles. The molecule has 1 aliphatic heterocycles. The molecule has 0 unspecified atom stereocenters. The van der Waals surface area contributed by atoms with Crippen LogP contribution in [0.15, 0.2) is 28.6 Å². The highest BCUT2D eigenvalue weighted by Crippen LogP contribution is 2.23. The van der Waals surface area contributed by atoms with Gasteiger partial charge in [-0.25, -0.2) is 4.98 Å². The first-order chi connectivity index (χ1) is 14.0. The van der Waals surface area contributed by atoms with Crippen LogP contribution < -0.4 is 10.2 Å². The third-order valence-corrected chi connectivity index (χ3v) is 6.46. The SMILES string of the molecule is CN=C(NCCN1CCN(c2cccc(C)c2C)CC1)N(C)Cc1csc(C)n1.I. The lowest BCUT2D eigenvalue weighted by Gasteiger charge is -2.37. The van der Waals surface area contributed by atoms with Gasteiger partial charge in [0, 0.05) is 64.4 Å². The second kappa shape index (κ2) is 11.9. The number of hydrogen-bond donors (Lipinski definition) is 1. The van der Waals surface area contributed by atoms with E-state index in [2.05, 4.69) is 74.5 Å². The van der Waals surface area contributed by atoms with Crippen molar-refractivity contribution < 1.29 is 0 Å². The molecule has 0 radical (unpaired) electrons. The Balaban J connectivity index is 0.00000320. The van der Waals surface area contributed by atoms with E-state index in [-0.39, 0.29) is 24.0 Å². The molecule has 0 spiro atoms.